The number of carboxylic acid groups (broad SMARTS) is 1. The molecule has 0 aromatic rings. The Bertz CT molecular complexity index is 421. The fraction of sp³-hybridized carbons (Fsp3) is 0.733. The number of aliphatic carboxylic acids is 1. The maximum Gasteiger partial charge on any atom is 0.305 e. The van der Waals surface area contributed by atoms with Crippen molar-refractivity contribution >= 4 is 24.0 Å². The number of hydrogen-bond acceptors (Lipinski definition) is 5. The standard InChI is InChI=1S/C15H26N2O3S/c1-10-12(14(2,3)21-10)5-6-15(4,16)9-17-11(8-18)7-13(19)20/h5-6,8,10-12,17H,7,9,16H2,1-4H3,(H,19,20)/b6-5+/t10?,11-,12?,15?/m0/s1. The van der Waals surface area contributed by atoms with Crippen LogP contribution in [0.5, 0.6) is 0 Å². The fourth-order valence-corrected chi connectivity index (χ4v) is 4.35. The van der Waals surface area contributed by atoms with Crippen molar-refractivity contribution in [2.75, 3.05) is 6.54 Å². The summed E-state index contributed by atoms with van der Waals surface area (Å²) in [6.07, 6.45) is 4.50. The van der Waals surface area contributed by atoms with E-state index in [9.17, 15) is 9.59 Å². The van der Waals surface area contributed by atoms with Gasteiger partial charge in [-0.05, 0) is 6.92 Å². The molecule has 1 aliphatic rings. The SMILES string of the molecule is CC1SC(C)(C)C1/C=C/C(C)(N)CN[C@H](C=O)CC(=O)O. The predicted octanol–water partition coefficient (Wildman–Crippen LogP) is 1.42. The lowest BCUT2D eigenvalue weighted by Gasteiger charge is -2.48. The molecule has 3 unspecified atom stereocenters. The van der Waals surface area contributed by atoms with Gasteiger partial charge < -0.3 is 21.0 Å². The van der Waals surface area contributed by atoms with Crippen LogP contribution in [-0.2, 0) is 9.59 Å². The van der Waals surface area contributed by atoms with Crippen molar-refractivity contribution in [1.82, 2.24) is 5.32 Å². The first-order chi connectivity index (χ1) is 9.57. The van der Waals surface area contributed by atoms with Gasteiger partial charge in [0.15, 0.2) is 0 Å². The molecule has 4 atom stereocenters. The third-order valence-electron chi connectivity index (χ3n) is 3.79. The molecule has 1 heterocycles. The van der Waals surface area contributed by atoms with Gasteiger partial charge in [0, 0.05) is 28.0 Å². The molecule has 6 heteroatoms. The number of rotatable bonds is 8. The molecule has 1 aliphatic heterocycles. The average molecular weight is 314 g/mol. The summed E-state index contributed by atoms with van der Waals surface area (Å²) in [4.78, 5) is 21.4. The lowest BCUT2D eigenvalue weighted by Crippen LogP contribution is -2.49. The van der Waals surface area contributed by atoms with Gasteiger partial charge in [0.1, 0.15) is 6.29 Å². The zero-order chi connectivity index (χ0) is 16.3. The Morgan fingerprint density at radius 3 is 2.62 bits per heavy atom. The first-order valence-corrected chi connectivity index (χ1v) is 8.02. The van der Waals surface area contributed by atoms with Crippen molar-refractivity contribution < 1.29 is 14.7 Å². The third-order valence-corrected chi connectivity index (χ3v) is 5.33. The third kappa shape index (κ3) is 5.45. The normalized spacial score (nSPS) is 28.6. The van der Waals surface area contributed by atoms with E-state index in [4.69, 9.17) is 10.8 Å². The maximum absolute atomic E-state index is 10.8. The number of carbonyl (C=O) groups is 2. The van der Waals surface area contributed by atoms with Gasteiger partial charge in [0.25, 0.3) is 0 Å². The number of thioether (sulfide) groups is 1. The lowest BCUT2D eigenvalue weighted by atomic mass is 9.87. The second kappa shape index (κ2) is 6.94. The molecule has 1 saturated heterocycles. The molecular weight excluding hydrogens is 288 g/mol. The molecule has 0 amide bonds. The van der Waals surface area contributed by atoms with Gasteiger partial charge in [0.2, 0.25) is 0 Å². The van der Waals surface area contributed by atoms with Crippen LogP contribution in [0.2, 0.25) is 0 Å². The van der Waals surface area contributed by atoms with E-state index in [1.54, 1.807) is 0 Å². The van der Waals surface area contributed by atoms with Crippen molar-refractivity contribution in [3.05, 3.63) is 12.2 Å². The Morgan fingerprint density at radius 2 is 2.19 bits per heavy atom. The summed E-state index contributed by atoms with van der Waals surface area (Å²) < 4.78 is 0.230. The Balaban J connectivity index is 2.53. The summed E-state index contributed by atoms with van der Waals surface area (Å²) in [7, 11) is 0. The van der Waals surface area contributed by atoms with Crippen LogP contribution >= 0.6 is 11.8 Å². The Labute approximate surface area is 130 Å². The second-order valence-electron chi connectivity index (χ2n) is 6.54. The molecule has 5 nitrogen and oxygen atoms in total. The summed E-state index contributed by atoms with van der Waals surface area (Å²) in [6.45, 7) is 8.85. The van der Waals surface area contributed by atoms with E-state index in [0.717, 1.165) is 0 Å². The topological polar surface area (TPSA) is 92.4 Å². The number of nitrogens with one attached hydrogen (secondary N) is 1. The van der Waals surface area contributed by atoms with Crippen molar-refractivity contribution in [3.63, 3.8) is 0 Å². The lowest BCUT2D eigenvalue weighted by molar-refractivity contribution is -0.138. The van der Waals surface area contributed by atoms with Gasteiger partial charge in [-0.25, -0.2) is 0 Å². The number of aldehydes is 1. The van der Waals surface area contributed by atoms with E-state index in [1.165, 1.54) is 0 Å². The molecule has 0 radical (unpaired) electrons. The van der Waals surface area contributed by atoms with Crippen LogP contribution in [0.1, 0.15) is 34.1 Å². The maximum atomic E-state index is 10.8. The molecule has 4 N–H and O–H groups in total. The number of allylic oxidation sites excluding steroid dienone is 1. The largest absolute Gasteiger partial charge is 0.481 e. The van der Waals surface area contributed by atoms with Gasteiger partial charge >= 0.3 is 5.97 Å². The van der Waals surface area contributed by atoms with Crippen LogP contribution in [0.4, 0.5) is 0 Å². The smallest absolute Gasteiger partial charge is 0.305 e. The van der Waals surface area contributed by atoms with E-state index in [0.29, 0.717) is 24.0 Å². The Morgan fingerprint density at radius 1 is 1.57 bits per heavy atom. The van der Waals surface area contributed by atoms with E-state index in [1.807, 2.05) is 24.8 Å². The molecule has 1 fully saturated rings. The number of carboxylic acids is 1. The highest BCUT2D eigenvalue weighted by atomic mass is 32.2. The van der Waals surface area contributed by atoms with Crippen LogP contribution in [0.15, 0.2) is 12.2 Å². The molecule has 0 spiro atoms. The summed E-state index contributed by atoms with van der Waals surface area (Å²) in [6, 6.07) is -0.701. The zero-order valence-corrected chi connectivity index (χ0v) is 13.9. The van der Waals surface area contributed by atoms with Gasteiger partial charge in [0.05, 0.1) is 12.5 Å². The van der Waals surface area contributed by atoms with Crippen molar-refractivity contribution in [1.29, 1.82) is 0 Å². The average Bonchev–Trinajstić information content (AvgIpc) is 2.32. The highest BCUT2D eigenvalue weighted by molar-refractivity contribution is 8.02. The first-order valence-electron chi connectivity index (χ1n) is 7.14. The van der Waals surface area contributed by atoms with E-state index in [2.05, 4.69) is 32.2 Å². The molecule has 0 bridgehead atoms. The molecule has 0 aliphatic carbocycles. The summed E-state index contributed by atoms with van der Waals surface area (Å²) in [5.41, 5.74) is 5.58. The van der Waals surface area contributed by atoms with Crippen LogP contribution in [0.25, 0.3) is 0 Å². The van der Waals surface area contributed by atoms with Gasteiger partial charge in [-0.3, -0.25) is 4.79 Å². The van der Waals surface area contributed by atoms with E-state index >= 15 is 0 Å². The molecular formula is C15H26N2O3S. The number of hydrogen-bond donors (Lipinski definition) is 3. The quantitative estimate of drug-likeness (QED) is 0.463. The molecule has 120 valence electrons. The van der Waals surface area contributed by atoms with Gasteiger partial charge in [-0.15, -0.1) is 0 Å². The van der Waals surface area contributed by atoms with Crippen LogP contribution in [0.3, 0.4) is 0 Å². The zero-order valence-electron chi connectivity index (χ0n) is 13.1. The Hall–Kier alpha value is -0.850. The van der Waals surface area contributed by atoms with Crippen molar-refractivity contribution in [3.8, 4) is 0 Å². The summed E-state index contributed by atoms with van der Waals surface area (Å²) >= 11 is 1.95. The molecule has 21 heavy (non-hydrogen) atoms. The second-order valence-corrected chi connectivity index (χ2v) is 8.57. The number of nitrogens with two attached hydrogens (primary N) is 1. The minimum absolute atomic E-state index is 0.230. The van der Waals surface area contributed by atoms with Crippen LogP contribution < -0.4 is 11.1 Å². The highest BCUT2D eigenvalue weighted by Gasteiger charge is 2.44. The summed E-state index contributed by atoms with van der Waals surface area (Å²) in [5.74, 6) is -0.526. The first kappa shape index (κ1) is 18.2. The van der Waals surface area contributed by atoms with Crippen LogP contribution in [-0.4, -0.2) is 45.5 Å². The molecule has 0 aromatic carbocycles. The van der Waals surface area contributed by atoms with E-state index < -0.39 is 17.6 Å². The van der Waals surface area contributed by atoms with Crippen LogP contribution in [0, 0.1) is 5.92 Å². The number of carbonyl (C=O) groups excluding carboxylic acids is 1. The molecule has 0 aromatic heterocycles. The molecule has 0 saturated carbocycles. The molecule has 1 rings (SSSR count). The predicted molar refractivity (Wildman–Crippen MR) is 86.5 cm³/mol. The van der Waals surface area contributed by atoms with Crippen molar-refractivity contribution in [2.24, 2.45) is 11.7 Å². The van der Waals surface area contributed by atoms with Gasteiger partial charge in [-0.2, -0.15) is 11.8 Å². The summed E-state index contributed by atoms with van der Waals surface area (Å²) in [5, 5.41) is 12.2. The van der Waals surface area contributed by atoms with Gasteiger partial charge in [-0.1, -0.05) is 32.9 Å². The minimum Gasteiger partial charge on any atom is -0.481 e. The minimum atomic E-state index is -1.00. The highest BCUT2D eigenvalue weighted by Crippen LogP contribution is 2.52. The van der Waals surface area contributed by atoms with Crippen molar-refractivity contribution in [2.45, 2.75) is 55.7 Å². The van der Waals surface area contributed by atoms with E-state index in [-0.39, 0.29) is 11.2 Å². The Kier molecular flexibility index (Phi) is 6.01. The fourth-order valence-electron chi connectivity index (χ4n) is 2.60. The monoisotopic (exact) mass is 314 g/mol.